The van der Waals surface area contributed by atoms with Crippen LogP contribution in [-0.4, -0.2) is 36.7 Å². The van der Waals surface area contributed by atoms with Crippen LogP contribution in [0.3, 0.4) is 0 Å². The zero-order chi connectivity index (χ0) is 13.5. The third-order valence-corrected chi connectivity index (χ3v) is 3.17. The van der Waals surface area contributed by atoms with Crippen molar-refractivity contribution in [3.05, 3.63) is 23.9 Å². The fourth-order valence-electron chi connectivity index (χ4n) is 2.17. The topological polar surface area (TPSA) is 63.2 Å². The number of pyridine rings is 1. The molecule has 2 N–H and O–H groups in total. The van der Waals surface area contributed by atoms with Gasteiger partial charge in [-0.1, -0.05) is 6.42 Å². The molecule has 0 radical (unpaired) electrons. The molecule has 19 heavy (non-hydrogen) atoms. The first-order valence-electron chi connectivity index (χ1n) is 6.90. The van der Waals surface area contributed by atoms with Crippen molar-refractivity contribution >= 4 is 11.8 Å². The molecule has 2 heterocycles. The fraction of sp³-hybridized carbons (Fsp3) is 0.571. The summed E-state index contributed by atoms with van der Waals surface area (Å²) >= 11 is 0. The van der Waals surface area contributed by atoms with Crippen LogP contribution in [0.25, 0.3) is 0 Å². The molecule has 1 atom stereocenters. The summed E-state index contributed by atoms with van der Waals surface area (Å²) in [6, 6.07) is 3.98. The first-order chi connectivity index (χ1) is 9.29. The van der Waals surface area contributed by atoms with Crippen molar-refractivity contribution in [2.75, 3.05) is 25.0 Å². The van der Waals surface area contributed by atoms with Crippen LogP contribution in [0.2, 0.25) is 0 Å². The highest BCUT2D eigenvalue weighted by Crippen LogP contribution is 2.12. The number of rotatable bonds is 4. The van der Waals surface area contributed by atoms with E-state index in [1.54, 1.807) is 19.2 Å². The summed E-state index contributed by atoms with van der Waals surface area (Å²) in [5.41, 5.74) is 0.492. The average molecular weight is 263 g/mol. The van der Waals surface area contributed by atoms with Gasteiger partial charge < -0.3 is 15.4 Å². The van der Waals surface area contributed by atoms with Crippen LogP contribution in [0.4, 0.5) is 5.82 Å². The minimum Gasteiger partial charge on any atom is -0.462 e. The van der Waals surface area contributed by atoms with Crippen molar-refractivity contribution in [2.24, 2.45) is 0 Å². The maximum atomic E-state index is 11.5. The number of carbonyl (C=O) groups is 1. The van der Waals surface area contributed by atoms with Gasteiger partial charge in [-0.3, -0.25) is 0 Å². The Balaban J connectivity index is 1.92. The van der Waals surface area contributed by atoms with Crippen molar-refractivity contribution in [3.8, 4) is 0 Å². The van der Waals surface area contributed by atoms with Crippen LogP contribution in [-0.2, 0) is 4.74 Å². The maximum absolute atomic E-state index is 11.5. The largest absolute Gasteiger partial charge is 0.462 e. The summed E-state index contributed by atoms with van der Waals surface area (Å²) in [6.45, 7) is 4.22. The van der Waals surface area contributed by atoms with Crippen LogP contribution in [0.5, 0.6) is 0 Å². The van der Waals surface area contributed by atoms with E-state index in [-0.39, 0.29) is 5.97 Å². The van der Waals surface area contributed by atoms with Gasteiger partial charge in [-0.05, 0) is 38.4 Å². The predicted molar refractivity (Wildman–Crippen MR) is 74.3 cm³/mol. The molecule has 1 aliphatic heterocycles. The van der Waals surface area contributed by atoms with Gasteiger partial charge in [-0.2, -0.15) is 0 Å². The van der Waals surface area contributed by atoms with E-state index in [2.05, 4.69) is 15.6 Å². The molecule has 0 amide bonds. The van der Waals surface area contributed by atoms with Gasteiger partial charge in [0.25, 0.3) is 0 Å². The third-order valence-electron chi connectivity index (χ3n) is 3.17. The van der Waals surface area contributed by atoms with Crippen molar-refractivity contribution in [2.45, 2.75) is 32.2 Å². The smallest absolute Gasteiger partial charge is 0.339 e. The molecule has 5 heteroatoms. The number of esters is 1. The summed E-state index contributed by atoms with van der Waals surface area (Å²) in [4.78, 5) is 15.8. The maximum Gasteiger partial charge on any atom is 0.339 e. The molecule has 0 bridgehead atoms. The van der Waals surface area contributed by atoms with Gasteiger partial charge in [0.1, 0.15) is 5.82 Å². The van der Waals surface area contributed by atoms with E-state index in [1.807, 2.05) is 6.07 Å². The molecule has 1 unspecified atom stereocenters. The average Bonchev–Trinajstić information content (AvgIpc) is 2.68. The van der Waals surface area contributed by atoms with E-state index in [9.17, 15) is 4.79 Å². The number of carbonyl (C=O) groups excluding carboxylic acids is 1. The van der Waals surface area contributed by atoms with Gasteiger partial charge in [0.2, 0.25) is 0 Å². The van der Waals surface area contributed by atoms with Crippen molar-refractivity contribution in [1.82, 2.24) is 10.3 Å². The standard InChI is InChI=1S/C14H21N3O2/c1-2-19-14(18)11-6-7-13(16-9-11)17-12-5-3-4-8-15-10-12/h6-7,9,12,15H,2-5,8,10H2,1H3,(H,16,17). The minimum atomic E-state index is -0.322. The monoisotopic (exact) mass is 263 g/mol. The van der Waals surface area contributed by atoms with Gasteiger partial charge in [0.15, 0.2) is 0 Å². The van der Waals surface area contributed by atoms with E-state index >= 15 is 0 Å². The quantitative estimate of drug-likeness (QED) is 0.811. The fourth-order valence-corrected chi connectivity index (χ4v) is 2.17. The normalized spacial score (nSPS) is 19.5. The zero-order valence-corrected chi connectivity index (χ0v) is 11.3. The summed E-state index contributed by atoms with van der Waals surface area (Å²) in [6.07, 6.45) is 5.16. The highest BCUT2D eigenvalue weighted by molar-refractivity contribution is 5.89. The lowest BCUT2D eigenvalue weighted by atomic mass is 10.1. The lowest BCUT2D eigenvalue weighted by molar-refractivity contribution is 0.0526. The summed E-state index contributed by atoms with van der Waals surface area (Å²) < 4.78 is 4.92. The number of ether oxygens (including phenoxy) is 1. The Bertz CT molecular complexity index is 398. The molecular weight excluding hydrogens is 242 g/mol. The van der Waals surface area contributed by atoms with Crippen LogP contribution >= 0.6 is 0 Å². The summed E-state index contributed by atoms with van der Waals surface area (Å²) in [5.74, 6) is 0.486. The molecule has 1 fully saturated rings. The Morgan fingerprint density at radius 1 is 1.53 bits per heavy atom. The number of nitrogens with one attached hydrogen (secondary N) is 2. The summed E-state index contributed by atoms with van der Waals surface area (Å²) in [5, 5.41) is 6.79. The first kappa shape index (κ1) is 13.8. The second-order valence-corrected chi connectivity index (χ2v) is 4.69. The molecule has 1 aromatic heterocycles. The molecule has 1 saturated heterocycles. The van der Waals surface area contributed by atoms with Crippen LogP contribution < -0.4 is 10.6 Å². The first-order valence-corrected chi connectivity index (χ1v) is 6.90. The molecular formula is C14H21N3O2. The van der Waals surface area contributed by atoms with Crippen molar-refractivity contribution < 1.29 is 9.53 Å². The van der Waals surface area contributed by atoms with E-state index in [0.717, 1.165) is 25.3 Å². The second kappa shape index (κ2) is 7.09. The second-order valence-electron chi connectivity index (χ2n) is 4.69. The minimum absolute atomic E-state index is 0.322. The Labute approximate surface area is 113 Å². The molecule has 1 aliphatic rings. The SMILES string of the molecule is CCOC(=O)c1ccc(NC2CCCCNC2)nc1. The van der Waals surface area contributed by atoms with E-state index in [4.69, 9.17) is 4.74 Å². The molecule has 1 aromatic rings. The van der Waals surface area contributed by atoms with Gasteiger partial charge in [0, 0.05) is 18.8 Å². The van der Waals surface area contributed by atoms with Gasteiger partial charge in [0.05, 0.1) is 12.2 Å². The Kier molecular flexibility index (Phi) is 5.15. The molecule has 0 saturated carbocycles. The van der Waals surface area contributed by atoms with E-state index in [1.165, 1.54) is 12.8 Å². The van der Waals surface area contributed by atoms with Gasteiger partial charge in [-0.25, -0.2) is 9.78 Å². The van der Waals surface area contributed by atoms with E-state index in [0.29, 0.717) is 18.2 Å². The van der Waals surface area contributed by atoms with Gasteiger partial charge in [-0.15, -0.1) is 0 Å². The number of nitrogens with zero attached hydrogens (tertiary/aromatic N) is 1. The Hall–Kier alpha value is -1.62. The molecule has 0 spiro atoms. The molecule has 0 aromatic carbocycles. The number of hydrogen-bond acceptors (Lipinski definition) is 5. The number of anilines is 1. The van der Waals surface area contributed by atoms with Crippen LogP contribution in [0.1, 0.15) is 36.5 Å². The number of aromatic nitrogens is 1. The van der Waals surface area contributed by atoms with E-state index < -0.39 is 0 Å². The molecule has 2 rings (SSSR count). The van der Waals surface area contributed by atoms with Crippen molar-refractivity contribution in [1.29, 1.82) is 0 Å². The highest BCUT2D eigenvalue weighted by Gasteiger charge is 2.12. The van der Waals surface area contributed by atoms with Crippen LogP contribution in [0.15, 0.2) is 18.3 Å². The lowest BCUT2D eigenvalue weighted by Gasteiger charge is -2.16. The zero-order valence-electron chi connectivity index (χ0n) is 11.3. The van der Waals surface area contributed by atoms with Crippen LogP contribution in [0, 0.1) is 0 Å². The summed E-state index contributed by atoms with van der Waals surface area (Å²) in [7, 11) is 0. The lowest BCUT2D eigenvalue weighted by Crippen LogP contribution is -2.31. The molecule has 5 nitrogen and oxygen atoms in total. The third kappa shape index (κ3) is 4.21. The molecule has 104 valence electrons. The van der Waals surface area contributed by atoms with Gasteiger partial charge >= 0.3 is 5.97 Å². The molecule has 0 aliphatic carbocycles. The number of hydrogen-bond donors (Lipinski definition) is 2. The predicted octanol–water partition coefficient (Wildman–Crippen LogP) is 1.81. The van der Waals surface area contributed by atoms with Crippen molar-refractivity contribution in [3.63, 3.8) is 0 Å². The Morgan fingerprint density at radius 2 is 2.42 bits per heavy atom. The Morgan fingerprint density at radius 3 is 3.16 bits per heavy atom. The highest BCUT2D eigenvalue weighted by atomic mass is 16.5.